The van der Waals surface area contributed by atoms with Crippen LogP contribution in [-0.2, 0) is 0 Å². The van der Waals surface area contributed by atoms with Gasteiger partial charge in [-0.05, 0) is 42.7 Å². The Labute approximate surface area is 145 Å². The highest BCUT2D eigenvalue weighted by atomic mass is 19.1. The maximum atomic E-state index is 14.0. The van der Waals surface area contributed by atoms with E-state index in [1.165, 1.54) is 6.07 Å². The lowest BCUT2D eigenvalue weighted by atomic mass is 10.0. The van der Waals surface area contributed by atoms with Crippen LogP contribution in [0.2, 0.25) is 0 Å². The summed E-state index contributed by atoms with van der Waals surface area (Å²) >= 11 is 0. The smallest absolute Gasteiger partial charge is 0.261 e. The molecule has 0 radical (unpaired) electrons. The van der Waals surface area contributed by atoms with Gasteiger partial charge in [0.25, 0.3) is 5.91 Å². The molecule has 0 spiro atoms. The van der Waals surface area contributed by atoms with E-state index in [-0.39, 0.29) is 17.4 Å². The van der Waals surface area contributed by atoms with Crippen LogP contribution in [0.5, 0.6) is 0 Å². The van der Waals surface area contributed by atoms with E-state index in [0.717, 1.165) is 11.3 Å². The fourth-order valence-corrected chi connectivity index (χ4v) is 2.50. The molecule has 1 heterocycles. The summed E-state index contributed by atoms with van der Waals surface area (Å²) in [5, 5.41) is 6.86. The Bertz CT molecular complexity index is 903. The van der Waals surface area contributed by atoms with Crippen molar-refractivity contribution in [2.24, 2.45) is 0 Å². The molecule has 5 nitrogen and oxygen atoms in total. The van der Waals surface area contributed by atoms with Crippen LogP contribution in [0.1, 0.15) is 41.5 Å². The molecule has 0 saturated heterocycles. The minimum absolute atomic E-state index is 0.0140. The van der Waals surface area contributed by atoms with Gasteiger partial charge >= 0.3 is 0 Å². The van der Waals surface area contributed by atoms with Gasteiger partial charge in [-0.2, -0.15) is 4.98 Å². The average Bonchev–Trinajstić information content (AvgIpc) is 2.96. The van der Waals surface area contributed by atoms with E-state index in [1.54, 1.807) is 23.7 Å². The van der Waals surface area contributed by atoms with Crippen molar-refractivity contribution >= 4 is 11.9 Å². The first kappa shape index (κ1) is 16.8. The number of nitrogens with zero attached hydrogens (tertiary/aromatic N) is 3. The van der Waals surface area contributed by atoms with E-state index in [4.69, 9.17) is 0 Å². The summed E-state index contributed by atoms with van der Waals surface area (Å²) in [6.07, 6.45) is 0. The van der Waals surface area contributed by atoms with E-state index in [2.05, 4.69) is 15.4 Å². The van der Waals surface area contributed by atoms with Crippen molar-refractivity contribution in [3.05, 3.63) is 71.3 Å². The monoisotopic (exact) mass is 338 g/mol. The number of nitrogens with one attached hydrogen (secondary N) is 1. The standard InChI is InChI=1S/C19H19FN4O/c1-12(2)14-9-10-17(20)16(11-14)18(25)22-19-21-13(3)24(23-19)15-7-5-4-6-8-15/h4-12H,1-3H3,(H,22,23,25). The second kappa shape index (κ2) is 6.84. The number of hydrogen-bond acceptors (Lipinski definition) is 3. The minimum Gasteiger partial charge on any atom is -0.289 e. The number of hydrogen-bond donors (Lipinski definition) is 1. The first-order valence-electron chi connectivity index (χ1n) is 8.05. The van der Waals surface area contributed by atoms with Gasteiger partial charge in [-0.3, -0.25) is 10.1 Å². The summed E-state index contributed by atoms with van der Waals surface area (Å²) in [6, 6.07) is 14.0. The number of anilines is 1. The minimum atomic E-state index is -0.568. The summed E-state index contributed by atoms with van der Waals surface area (Å²) in [6.45, 7) is 5.76. The molecule has 1 aromatic heterocycles. The van der Waals surface area contributed by atoms with Crippen molar-refractivity contribution in [1.29, 1.82) is 0 Å². The summed E-state index contributed by atoms with van der Waals surface area (Å²) in [5.74, 6) is -0.172. The molecule has 1 amide bonds. The topological polar surface area (TPSA) is 59.8 Å². The SMILES string of the molecule is Cc1nc(NC(=O)c2cc(C(C)C)ccc2F)nn1-c1ccccc1. The molecule has 6 heteroatoms. The predicted molar refractivity (Wildman–Crippen MR) is 94.5 cm³/mol. The number of amides is 1. The van der Waals surface area contributed by atoms with Crippen LogP contribution in [0.15, 0.2) is 48.5 Å². The number of halogens is 1. The number of aryl methyl sites for hydroxylation is 1. The van der Waals surface area contributed by atoms with E-state index in [0.29, 0.717) is 5.82 Å². The Hall–Kier alpha value is -3.02. The van der Waals surface area contributed by atoms with E-state index in [9.17, 15) is 9.18 Å². The molecule has 0 unspecified atom stereocenters. The normalized spacial score (nSPS) is 10.9. The van der Waals surface area contributed by atoms with E-state index < -0.39 is 11.7 Å². The maximum Gasteiger partial charge on any atom is 0.261 e. The number of para-hydroxylation sites is 1. The lowest BCUT2D eigenvalue weighted by Gasteiger charge is -2.08. The Morgan fingerprint density at radius 1 is 1.16 bits per heavy atom. The highest BCUT2D eigenvalue weighted by molar-refractivity contribution is 6.03. The van der Waals surface area contributed by atoms with Crippen molar-refractivity contribution in [3.63, 3.8) is 0 Å². The van der Waals surface area contributed by atoms with E-state index in [1.807, 2.05) is 44.2 Å². The lowest BCUT2D eigenvalue weighted by Crippen LogP contribution is -2.15. The van der Waals surface area contributed by atoms with Crippen molar-refractivity contribution in [2.45, 2.75) is 26.7 Å². The number of aromatic nitrogens is 3. The molecule has 3 aromatic rings. The second-order valence-electron chi connectivity index (χ2n) is 6.08. The molecular weight excluding hydrogens is 319 g/mol. The van der Waals surface area contributed by atoms with Gasteiger partial charge in [0.1, 0.15) is 11.6 Å². The van der Waals surface area contributed by atoms with Gasteiger partial charge in [-0.25, -0.2) is 9.07 Å². The van der Waals surface area contributed by atoms with Gasteiger partial charge in [0.2, 0.25) is 5.95 Å². The zero-order chi connectivity index (χ0) is 18.0. The summed E-state index contributed by atoms with van der Waals surface area (Å²) in [4.78, 5) is 16.7. The van der Waals surface area contributed by atoms with Gasteiger partial charge in [-0.15, -0.1) is 5.10 Å². The average molecular weight is 338 g/mol. The van der Waals surface area contributed by atoms with Crippen molar-refractivity contribution in [1.82, 2.24) is 14.8 Å². The largest absolute Gasteiger partial charge is 0.289 e. The Balaban J connectivity index is 1.86. The van der Waals surface area contributed by atoms with Gasteiger partial charge in [-0.1, -0.05) is 38.1 Å². The van der Waals surface area contributed by atoms with Crippen LogP contribution >= 0.6 is 0 Å². The third kappa shape index (κ3) is 3.57. The van der Waals surface area contributed by atoms with Crippen LogP contribution in [0.25, 0.3) is 5.69 Å². The second-order valence-corrected chi connectivity index (χ2v) is 6.08. The van der Waals surface area contributed by atoms with Crippen LogP contribution in [0.3, 0.4) is 0 Å². The molecule has 0 aliphatic heterocycles. The highest BCUT2D eigenvalue weighted by Crippen LogP contribution is 2.19. The third-order valence-electron chi connectivity index (χ3n) is 3.90. The van der Waals surface area contributed by atoms with Gasteiger partial charge in [0.05, 0.1) is 11.3 Å². The zero-order valence-corrected chi connectivity index (χ0v) is 14.3. The number of carbonyl (C=O) groups excluding carboxylic acids is 1. The summed E-state index contributed by atoms with van der Waals surface area (Å²) in [7, 11) is 0. The Morgan fingerprint density at radius 2 is 1.88 bits per heavy atom. The molecule has 2 aromatic carbocycles. The maximum absolute atomic E-state index is 14.0. The molecule has 25 heavy (non-hydrogen) atoms. The van der Waals surface area contributed by atoms with Crippen LogP contribution < -0.4 is 5.32 Å². The highest BCUT2D eigenvalue weighted by Gasteiger charge is 2.17. The zero-order valence-electron chi connectivity index (χ0n) is 14.3. The van der Waals surface area contributed by atoms with Crippen molar-refractivity contribution in [2.75, 3.05) is 5.32 Å². The Morgan fingerprint density at radius 3 is 2.56 bits per heavy atom. The summed E-state index contributed by atoms with van der Waals surface area (Å²) in [5.41, 5.74) is 1.71. The van der Waals surface area contributed by atoms with Crippen LogP contribution in [-0.4, -0.2) is 20.7 Å². The Kier molecular flexibility index (Phi) is 4.61. The summed E-state index contributed by atoms with van der Waals surface area (Å²) < 4.78 is 15.7. The van der Waals surface area contributed by atoms with Crippen LogP contribution in [0.4, 0.5) is 10.3 Å². The first-order chi connectivity index (χ1) is 12.0. The molecule has 0 aliphatic rings. The van der Waals surface area contributed by atoms with Gasteiger partial charge in [0.15, 0.2) is 0 Å². The molecule has 0 saturated carbocycles. The fourth-order valence-electron chi connectivity index (χ4n) is 2.50. The van der Waals surface area contributed by atoms with Crippen molar-refractivity contribution < 1.29 is 9.18 Å². The fraction of sp³-hybridized carbons (Fsp3) is 0.211. The number of rotatable bonds is 4. The molecule has 0 fully saturated rings. The van der Waals surface area contributed by atoms with Gasteiger partial charge in [0, 0.05) is 0 Å². The van der Waals surface area contributed by atoms with Crippen molar-refractivity contribution in [3.8, 4) is 5.69 Å². The molecule has 0 bridgehead atoms. The predicted octanol–water partition coefficient (Wildman–Crippen LogP) is 4.09. The van der Waals surface area contributed by atoms with Gasteiger partial charge < -0.3 is 0 Å². The molecule has 1 N–H and O–H groups in total. The molecule has 128 valence electrons. The number of benzene rings is 2. The number of carbonyl (C=O) groups is 1. The quantitative estimate of drug-likeness (QED) is 0.779. The third-order valence-corrected chi connectivity index (χ3v) is 3.90. The lowest BCUT2D eigenvalue weighted by molar-refractivity contribution is 0.102. The molecule has 0 atom stereocenters. The molecule has 3 rings (SSSR count). The van der Waals surface area contributed by atoms with Crippen LogP contribution in [0, 0.1) is 12.7 Å². The first-order valence-corrected chi connectivity index (χ1v) is 8.05. The van der Waals surface area contributed by atoms with E-state index >= 15 is 0 Å². The molecule has 0 aliphatic carbocycles. The molecular formula is C19H19FN4O.